The maximum atomic E-state index is 12.8. The van der Waals surface area contributed by atoms with Gasteiger partial charge in [-0.2, -0.15) is 13.2 Å². The Kier molecular flexibility index (Phi) is 7.16. The number of hydrogen-bond donors (Lipinski definition) is 2. The van der Waals surface area contributed by atoms with E-state index in [0.717, 1.165) is 17.8 Å². The second-order valence-corrected chi connectivity index (χ2v) is 9.34. The van der Waals surface area contributed by atoms with E-state index >= 15 is 0 Å². The molecule has 0 fully saturated rings. The number of aromatic amines is 1. The van der Waals surface area contributed by atoms with Crippen molar-refractivity contribution in [2.24, 2.45) is 5.41 Å². The number of H-pyrrole nitrogens is 1. The van der Waals surface area contributed by atoms with Gasteiger partial charge in [0.1, 0.15) is 11.5 Å². The molecule has 1 aromatic carbocycles. The minimum Gasteiger partial charge on any atom is -0.328 e. The number of ketones is 1. The Bertz CT molecular complexity index is 1210. The van der Waals surface area contributed by atoms with E-state index in [1.807, 2.05) is 20.8 Å². The van der Waals surface area contributed by atoms with Gasteiger partial charge in [-0.15, -0.1) is 0 Å². The molecule has 3 rings (SSSR count). The first-order valence-electron chi connectivity index (χ1n) is 10.5. The van der Waals surface area contributed by atoms with E-state index in [2.05, 4.69) is 20.3 Å². The van der Waals surface area contributed by atoms with Gasteiger partial charge < -0.3 is 4.98 Å². The van der Waals surface area contributed by atoms with Crippen molar-refractivity contribution in [3.63, 3.8) is 0 Å². The van der Waals surface area contributed by atoms with Crippen molar-refractivity contribution in [2.45, 2.75) is 46.7 Å². The van der Waals surface area contributed by atoms with Crippen molar-refractivity contribution in [1.29, 1.82) is 0 Å². The molecule has 0 unspecified atom stereocenters. The molecule has 6 nitrogen and oxygen atoms in total. The first-order chi connectivity index (χ1) is 15.8. The number of anilines is 1. The molecule has 0 bridgehead atoms. The molecule has 0 saturated carbocycles. The minimum atomic E-state index is -4.54. The summed E-state index contributed by atoms with van der Waals surface area (Å²) in [6.45, 7) is 7.25. The molecule has 3 aromatic rings. The van der Waals surface area contributed by atoms with Gasteiger partial charge in [-0.25, -0.2) is 4.98 Å². The van der Waals surface area contributed by atoms with Crippen molar-refractivity contribution in [2.75, 3.05) is 5.32 Å². The zero-order valence-electron chi connectivity index (χ0n) is 19.1. The lowest BCUT2D eigenvalue weighted by Gasteiger charge is -2.16. The largest absolute Gasteiger partial charge is 0.433 e. The highest BCUT2D eigenvalue weighted by atomic mass is 35.5. The van der Waals surface area contributed by atoms with Gasteiger partial charge in [0.2, 0.25) is 5.95 Å². The number of Topliss-reactive ketones (excluding diaryl/α,β-unsaturated/α-hetero) is 1. The molecule has 180 valence electrons. The quantitative estimate of drug-likeness (QED) is 0.425. The van der Waals surface area contributed by atoms with Crippen LogP contribution in [0.1, 0.15) is 54.5 Å². The van der Waals surface area contributed by atoms with Crippen LogP contribution in [0.5, 0.6) is 0 Å². The summed E-state index contributed by atoms with van der Waals surface area (Å²) in [6, 6.07) is 7.13. The molecule has 2 aromatic heterocycles. The molecule has 0 atom stereocenters. The van der Waals surface area contributed by atoms with Crippen molar-refractivity contribution in [1.82, 2.24) is 15.0 Å². The second kappa shape index (κ2) is 9.58. The molecule has 0 aliphatic carbocycles. The Morgan fingerprint density at radius 3 is 2.41 bits per heavy atom. The van der Waals surface area contributed by atoms with Gasteiger partial charge in [-0.1, -0.05) is 38.4 Å². The topological polar surface area (TPSA) is 87.7 Å². The van der Waals surface area contributed by atoms with Crippen LogP contribution in [0.25, 0.3) is 11.3 Å². The number of imidazole rings is 1. The molecule has 0 spiro atoms. The van der Waals surface area contributed by atoms with Gasteiger partial charge in [0.15, 0.2) is 0 Å². The summed E-state index contributed by atoms with van der Waals surface area (Å²) in [5.74, 6) is -0.286. The van der Waals surface area contributed by atoms with E-state index in [1.165, 1.54) is 6.07 Å². The average molecular weight is 493 g/mol. The van der Waals surface area contributed by atoms with Gasteiger partial charge in [0.25, 0.3) is 5.91 Å². The van der Waals surface area contributed by atoms with E-state index in [9.17, 15) is 22.8 Å². The van der Waals surface area contributed by atoms with E-state index in [1.54, 1.807) is 25.1 Å². The number of alkyl halides is 3. The number of aryl methyl sites for hydroxylation is 2. The van der Waals surface area contributed by atoms with Gasteiger partial charge >= 0.3 is 6.18 Å². The SMILES string of the molecule is Cc1[nH]c(NC(=O)c2cc(CCC(=O)C(C)(C)C)ccc2Cl)nc1-c1ccc(C(F)(F)F)nc1. The zero-order chi connectivity index (χ0) is 25.3. The van der Waals surface area contributed by atoms with E-state index in [0.29, 0.717) is 29.8 Å². The fraction of sp³-hybridized carbons (Fsp3) is 0.333. The minimum absolute atomic E-state index is 0.113. The van der Waals surface area contributed by atoms with Gasteiger partial charge in [-0.3, -0.25) is 19.9 Å². The Morgan fingerprint density at radius 2 is 1.82 bits per heavy atom. The van der Waals surface area contributed by atoms with Crippen LogP contribution in [0.4, 0.5) is 19.1 Å². The monoisotopic (exact) mass is 492 g/mol. The summed E-state index contributed by atoms with van der Waals surface area (Å²) in [5, 5.41) is 2.86. The van der Waals surface area contributed by atoms with Crippen LogP contribution in [-0.4, -0.2) is 26.6 Å². The number of halogens is 4. The molecule has 1 amide bonds. The third kappa shape index (κ3) is 6.02. The summed E-state index contributed by atoms with van der Waals surface area (Å²) in [7, 11) is 0. The molecular weight excluding hydrogens is 469 g/mol. The van der Waals surface area contributed by atoms with Gasteiger partial charge in [0.05, 0.1) is 16.3 Å². The lowest BCUT2D eigenvalue weighted by molar-refractivity contribution is -0.141. The van der Waals surface area contributed by atoms with E-state index < -0.39 is 23.2 Å². The Hall–Kier alpha value is -3.20. The van der Waals surface area contributed by atoms with Gasteiger partial charge in [-0.05, 0) is 43.2 Å². The highest BCUT2D eigenvalue weighted by molar-refractivity contribution is 6.34. The summed E-state index contributed by atoms with van der Waals surface area (Å²) < 4.78 is 38.3. The van der Waals surface area contributed by atoms with Crippen LogP contribution in [-0.2, 0) is 17.4 Å². The van der Waals surface area contributed by atoms with Crippen LogP contribution in [0, 0.1) is 12.3 Å². The maximum absolute atomic E-state index is 12.8. The predicted octanol–water partition coefficient (Wildman–Crippen LogP) is 6.25. The molecule has 0 saturated heterocycles. The third-order valence-corrected chi connectivity index (χ3v) is 5.53. The highest BCUT2D eigenvalue weighted by Crippen LogP contribution is 2.30. The zero-order valence-corrected chi connectivity index (χ0v) is 19.9. The predicted molar refractivity (Wildman–Crippen MR) is 124 cm³/mol. The number of amides is 1. The number of pyridine rings is 1. The molecule has 2 heterocycles. The number of hydrogen-bond acceptors (Lipinski definition) is 4. The molecule has 34 heavy (non-hydrogen) atoms. The van der Waals surface area contributed by atoms with Crippen molar-refractivity contribution in [3.8, 4) is 11.3 Å². The number of carbonyl (C=O) groups excluding carboxylic acids is 2. The van der Waals surface area contributed by atoms with E-state index in [4.69, 9.17) is 11.6 Å². The highest BCUT2D eigenvalue weighted by Gasteiger charge is 2.32. The number of benzene rings is 1. The van der Waals surface area contributed by atoms with E-state index in [-0.39, 0.29) is 22.3 Å². The fourth-order valence-electron chi connectivity index (χ4n) is 3.21. The van der Waals surface area contributed by atoms with Crippen LogP contribution in [0.3, 0.4) is 0 Å². The molecule has 2 N–H and O–H groups in total. The Labute approximate surface area is 200 Å². The smallest absolute Gasteiger partial charge is 0.328 e. The summed E-state index contributed by atoms with van der Waals surface area (Å²) in [6.07, 6.45) is -2.64. The lowest BCUT2D eigenvalue weighted by atomic mass is 9.87. The second-order valence-electron chi connectivity index (χ2n) is 8.93. The van der Waals surface area contributed by atoms with Crippen LogP contribution >= 0.6 is 11.6 Å². The molecule has 10 heteroatoms. The summed E-state index contributed by atoms with van der Waals surface area (Å²) in [5.41, 5.74) is 0.828. The summed E-state index contributed by atoms with van der Waals surface area (Å²) >= 11 is 6.22. The number of nitrogens with one attached hydrogen (secondary N) is 2. The van der Waals surface area contributed by atoms with Gasteiger partial charge in [0, 0.05) is 29.3 Å². The molecule has 0 aliphatic rings. The number of rotatable bonds is 6. The first-order valence-corrected chi connectivity index (χ1v) is 10.9. The van der Waals surface area contributed by atoms with Crippen LogP contribution in [0.2, 0.25) is 5.02 Å². The third-order valence-electron chi connectivity index (χ3n) is 5.20. The molecular formula is C24H24ClF3N4O2. The molecule has 0 radical (unpaired) electrons. The summed E-state index contributed by atoms with van der Waals surface area (Å²) in [4.78, 5) is 35.7. The average Bonchev–Trinajstić information content (AvgIpc) is 3.11. The normalized spacial score (nSPS) is 12.0. The van der Waals surface area contributed by atoms with Crippen molar-refractivity contribution in [3.05, 3.63) is 64.1 Å². The fourth-order valence-corrected chi connectivity index (χ4v) is 3.42. The standard InChI is InChI=1S/C24H24ClF3N4O2/c1-13-20(15-7-9-18(29-12-15)24(26,27)28)31-22(30-13)32-21(34)16-11-14(5-8-17(16)25)6-10-19(33)23(2,3)4/h5,7-9,11-12H,6,10H2,1-4H3,(H2,30,31,32,34). The number of carbonyl (C=O) groups is 2. The van der Waals surface area contributed by atoms with Crippen LogP contribution in [0.15, 0.2) is 36.5 Å². The Morgan fingerprint density at radius 1 is 1.12 bits per heavy atom. The number of nitrogens with zero attached hydrogens (tertiary/aromatic N) is 2. The maximum Gasteiger partial charge on any atom is 0.433 e. The van der Waals surface area contributed by atoms with Crippen molar-refractivity contribution >= 4 is 29.2 Å². The van der Waals surface area contributed by atoms with Crippen LogP contribution < -0.4 is 5.32 Å². The lowest BCUT2D eigenvalue weighted by Crippen LogP contribution is -2.20. The molecule has 0 aliphatic heterocycles. The first kappa shape index (κ1) is 25.4. The van der Waals surface area contributed by atoms with Crippen molar-refractivity contribution < 1.29 is 22.8 Å². The number of aromatic nitrogens is 3. The Balaban J connectivity index is 1.76.